The van der Waals surface area contributed by atoms with Crippen molar-refractivity contribution in [2.24, 2.45) is 0 Å². The fourth-order valence-electron chi connectivity index (χ4n) is 2.38. The molecule has 2 heterocycles. The van der Waals surface area contributed by atoms with E-state index in [2.05, 4.69) is 10.1 Å². The second kappa shape index (κ2) is 8.56. The summed E-state index contributed by atoms with van der Waals surface area (Å²) < 4.78 is 47.7. The molecule has 0 aliphatic carbocycles. The number of ketones is 1. The number of aryl methyl sites for hydroxylation is 1. The van der Waals surface area contributed by atoms with Gasteiger partial charge in [0.05, 0.1) is 16.9 Å². The summed E-state index contributed by atoms with van der Waals surface area (Å²) in [7, 11) is 0. The summed E-state index contributed by atoms with van der Waals surface area (Å²) in [6.45, 7) is 1.60. The standard InChI is InChI=1S/C19H15F3N2O4S/c1-11-2-8-15(29-11)14(25)7-9-17(26)27-10-16-23-18(24-28-16)12-3-5-13(6-4-12)19(20,21)22/h2-6,8H,7,9-10H2,1H3. The summed E-state index contributed by atoms with van der Waals surface area (Å²) in [5.41, 5.74) is -0.456. The summed E-state index contributed by atoms with van der Waals surface area (Å²) >= 11 is 1.36. The van der Waals surface area contributed by atoms with E-state index >= 15 is 0 Å². The van der Waals surface area contributed by atoms with Crippen LogP contribution in [0.4, 0.5) is 13.2 Å². The molecule has 2 aromatic heterocycles. The maximum absolute atomic E-state index is 12.6. The lowest BCUT2D eigenvalue weighted by molar-refractivity contribution is -0.145. The van der Waals surface area contributed by atoms with Crippen molar-refractivity contribution in [1.29, 1.82) is 0 Å². The Morgan fingerprint density at radius 3 is 2.45 bits per heavy atom. The largest absolute Gasteiger partial charge is 0.456 e. The highest BCUT2D eigenvalue weighted by Crippen LogP contribution is 2.30. The molecule has 1 aromatic carbocycles. The van der Waals surface area contributed by atoms with Crippen LogP contribution in [0.1, 0.15) is 38.8 Å². The first-order valence-electron chi connectivity index (χ1n) is 8.48. The molecule has 6 nitrogen and oxygen atoms in total. The number of halogens is 3. The lowest BCUT2D eigenvalue weighted by atomic mass is 10.1. The van der Waals surface area contributed by atoms with Gasteiger partial charge in [-0.1, -0.05) is 17.3 Å². The van der Waals surface area contributed by atoms with Crippen molar-refractivity contribution >= 4 is 23.1 Å². The number of Topliss-reactive ketones (excluding diaryl/α,β-unsaturated/α-hetero) is 1. The van der Waals surface area contributed by atoms with Crippen molar-refractivity contribution in [2.45, 2.75) is 32.5 Å². The van der Waals surface area contributed by atoms with E-state index in [1.54, 1.807) is 6.07 Å². The fourth-order valence-corrected chi connectivity index (χ4v) is 3.21. The second-order valence-corrected chi connectivity index (χ2v) is 7.37. The van der Waals surface area contributed by atoms with E-state index < -0.39 is 17.7 Å². The van der Waals surface area contributed by atoms with Crippen LogP contribution in [0.3, 0.4) is 0 Å². The number of carbonyl (C=O) groups is 2. The lowest BCUT2D eigenvalue weighted by Gasteiger charge is -2.05. The minimum Gasteiger partial charge on any atom is -0.456 e. The number of ether oxygens (including phenoxy) is 1. The molecular formula is C19H15F3N2O4S. The van der Waals surface area contributed by atoms with Crippen molar-refractivity contribution in [2.75, 3.05) is 0 Å². The van der Waals surface area contributed by atoms with E-state index in [4.69, 9.17) is 9.26 Å². The van der Waals surface area contributed by atoms with Gasteiger partial charge in [0.25, 0.3) is 5.89 Å². The summed E-state index contributed by atoms with van der Waals surface area (Å²) in [4.78, 5) is 29.4. The van der Waals surface area contributed by atoms with Gasteiger partial charge in [-0.05, 0) is 31.2 Å². The van der Waals surface area contributed by atoms with E-state index in [-0.39, 0.29) is 36.9 Å². The van der Waals surface area contributed by atoms with Crippen LogP contribution in [0.25, 0.3) is 11.4 Å². The number of nitrogens with zero attached hydrogens (tertiary/aromatic N) is 2. The monoisotopic (exact) mass is 424 g/mol. The molecule has 3 aromatic rings. The molecule has 0 aliphatic heterocycles. The number of carbonyl (C=O) groups excluding carboxylic acids is 2. The molecule has 0 amide bonds. The van der Waals surface area contributed by atoms with Crippen LogP contribution in [0.5, 0.6) is 0 Å². The molecule has 0 spiro atoms. The first kappa shape index (κ1) is 20.7. The summed E-state index contributed by atoms with van der Waals surface area (Å²) in [6, 6.07) is 7.83. The summed E-state index contributed by atoms with van der Waals surface area (Å²) in [6.07, 6.45) is -4.49. The number of rotatable bonds is 7. The number of hydrogen-bond donors (Lipinski definition) is 0. The van der Waals surface area contributed by atoms with Crippen LogP contribution < -0.4 is 0 Å². The van der Waals surface area contributed by atoms with Crippen LogP contribution in [0.2, 0.25) is 0 Å². The van der Waals surface area contributed by atoms with Crippen molar-refractivity contribution in [1.82, 2.24) is 10.1 Å². The molecule has 0 N–H and O–H groups in total. The average molecular weight is 424 g/mol. The van der Waals surface area contributed by atoms with Crippen molar-refractivity contribution in [3.05, 3.63) is 57.6 Å². The third-order valence-corrected chi connectivity index (χ3v) is 4.91. The van der Waals surface area contributed by atoms with Gasteiger partial charge in [0.15, 0.2) is 12.4 Å². The van der Waals surface area contributed by atoms with Gasteiger partial charge in [0, 0.05) is 16.9 Å². The van der Waals surface area contributed by atoms with Crippen molar-refractivity contribution in [3.63, 3.8) is 0 Å². The molecule has 0 saturated carbocycles. The smallest absolute Gasteiger partial charge is 0.416 e. The van der Waals surface area contributed by atoms with Crippen LogP contribution in [-0.2, 0) is 22.3 Å². The first-order valence-corrected chi connectivity index (χ1v) is 9.29. The highest BCUT2D eigenvalue weighted by Gasteiger charge is 2.30. The maximum Gasteiger partial charge on any atom is 0.416 e. The molecule has 0 bridgehead atoms. The Balaban J connectivity index is 1.50. The molecule has 10 heteroatoms. The quantitative estimate of drug-likeness (QED) is 0.399. The molecule has 0 atom stereocenters. The Labute approximate surface area is 167 Å². The van der Waals surface area contributed by atoms with Gasteiger partial charge in [-0.15, -0.1) is 11.3 Å². The van der Waals surface area contributed by atoms with Gasteiger partial charge < -0.3 is 9.26 Å². The number of aromatic nitrogens is 2. The number of hydrogen-bond acceptors (Lipinski definition) is 7. The first-order chi connectivity index (χ1) is 13.7. The number of esters is 1. The number of alkyl halides is 3. The van der Waals surface area contributed by atoms with Crippen LogP contribution >= 0.6 is 11.3 Å². The Hall–Kier alpha value is -3.01. The Morgan fingerprint density at radius 1 is 1.10 bits per heavy atom. The molecule has 3 rings (SSSR count). The molecular weight excluding hydrogens is 409 g/mol. The van der Waals surface area contributed by atoms with E-state index in [0.717, 1.165) is 17.0 Å². The van der Waals surface area contributed by atoms with E-state index in [0.29, 0.717) is 10.4 Å². The molecule has 0 saturated heterocycles. The normalized spacial score (nSPS) is 11.4. The Bertz CT molecular complexity index is 1010. The third-order valence-electron chi connectivity index (χ3n) is 3.87. The number of thiophene rings is 1. The van der Waals surface area contributed by atoms with Crippen LogP contribution in [0, 0.1) is 6.92 Å². The Morgan fingerprint density at radius 2 is 1.83 bits per heavy atom. The minimum absolute atomic E-state index is 0.00606. The summed E-state index contributed by atoms with van der Waals surface area (Å²) in [5, 5.41) is 3.66. The van der Waals surface area contributed by atoms with E-state index in [1.807, 2.05) is 13.0 Å². The zero-order chi connectivity index (χ0) is 21.0. The molecule has 0 aliphatic rings. The topological polar surface area (TPSA) is 82.3 Å². The van der Waals surface area contributed by atoms with Gasteiger partial charge in [0.1, 0.15) is 0 Å². The van der Waals surface area contributed by atoms with Gasteiger partial charge in [0.2, 0.25) is 5.82 Å². The van der Waals surface area contributed by atoms with Crippen molar-refractivity contribution < 1.29 is 32.0 Å². The third kappa shape index (κ3) is 5.50. The number of benzene rings is 1. The van der Waals surface area contributed by atoms with Crippen LogP contribution in [0.15, 0.2) is 40.9 Å². The summed E-state index contributed by atoms with van der Waals surface area (Å²) in [5.74, 6) is -0.662. The highest BCUT2D eigenvalue weighted by atomic mass is 32.1. The lowest BCUT2D eigenvalue weighted by Crippen LogP contribution is -2.07. The SMILES string of the molecule is Cc1ccc(C(=O)CCC(=O)OCc2nc(-c3ccc(C(F)(F)F)cc3)no2)s1. The van der Waals surface area contributed by atoms with E-state index in [9.17, 15) is 22.8 Å². The molecule has 0 fully saturated rings. The average Bonchev–Trinajstić information content (AvgIpc) is 3.33. The van der Waals surface area contributed by atoms with Crippen molar-refractivity contribution in [3.8, 4) is 11.4 Å². The zero-order valence-electron chi connectivity index (χ0n) is 15.2. The van der Waals surface area contributed by atoms with Crippen LogP contribution in [-0.4, -0.2) is 21.9 Å². The molecule has 0 unspecified atom stereocenters. The molecule has 0 radical (unpaired) electrons. The molecule has 152 valence electrons. The zero-order valence-corrected chi connectivity index (χ0v) is 16.0. The van der Waals surface area contributed by atoms with Gasteiger partial charge in [-0.2, -0.15) is 18.2 Å². The minimum atomic E-state index is -4.43. The maximum atomic E-state index is 12.6. The van der Waals surface area contributed by atoms with Gasteiger partial charge >= 0.3 is 12.1 Å². The van der Waals surface area contributed by atoms with Gasteiger partial charge in [-0.3, -0.25) is 9.59 Å². The second-order valence-electron chi connectivity index (χ2n) is 6.08. The fraction of sp³-hybridized carbons (Fsp3) is 0.263. The highest BCUT2D eigenvalue weighted by molar-refractivity contribution is 7.14. The Kier molecular flexibility index (Phi) is 6.12. The molecule has 29 heavy (non-hydrogen) atoms. The predicted molar refractivity (Wildman–Crippen MR) is 97.2 cm³/mol. The predicted octanol–water partition coefficient (Wildman–Crippen LogP) is 4.83. The van der Waals surface area contributed by atoms with Gasteiger partial charge in [-0.25, -0.2) is 0 Å². The van der Waals surface area contributed by atoms with E-state index in [1.165, 1.54) is 23.5 Å².